The lowest BCUT2D eigenvalue weighted by atomic mass is 9.92. The van der Waals surface area contributed by atoms with Gasteiger partial charge < -0.3 is 20.3 Å². The topological polar surface area (TPSA) is 81.6 Å². The van der Waals surface area contributed by atoms with E-state index in [1.165, 1.54) is 0 Å². The number of carbonyl (C=O) groups excluding carboxylic acids is 1. The Morgan fingerprint density at radius 3 is 2.88 bits per heavy atom. The van der Waals surface area contributed by atoms with E-state index >= 15 is 0 Å². The molecular weight excluding hydrogens is 435 g/mol. The Morgan fingerprint density at radius 1 is 1.18 bits per heavy atom. The van der Waals surface area contributed by atoms with Crippen LogP contribution in [-0.2, 0) is 0 Å². The molecule has 4 unspecified atom stereocenters. The van der Waals surface area contributed by atoms with Crippen LogP contribution in [0.5, 0.6) is 5.75 Å². The molecule has 1 amide bonds. The Balaban J connectivity index is 1.17. The molecule has 0 aliphatic carbocycles. The fourth-order valence-electron chi connectivity index (χ4n) is 4.97. The Bertz CT molecular complexity index is 1070. The number of fused-ring (bicyclic) bond motifs is 1. The molecule has 1 saturated heterocycles. The number of amides is 1. The zero-order chi connectivity index (χ0) is 23.7. The van der Waals surface area contributed by atoms with Crippen molar-refractivity contribution in [2.24, 2.45) is 16.1 Å². The molecule has 3 aliphatic heterocycles. The van der Waals surface area contributed by atoms with E-state index < -0.39 is 6.17 Å². The minimum atomic E-state index is -0.899. The lowest BCUT2D eigenvalue weighted by Gasteiger charge is -2.36. The number of likely N-dealkylation sites (tertiary alicyclic amines) is 1. The van der Waals surface area contributed by atoms with Gasteiger partial charge in [0.15, 0.2) is 0 Å². The third-order valence-electron chi connectivity index (χ3n) is 7.00. The van der Waals surface area contributed by atoms with Crippen molar-refractivity contribution in [3.8, 4) is 5.75 Å². The summed E-state index contributed by atoms with van der Waals surface area (Å²) in [7, 11) is 3.90. The summed E-state index contributed by atoms with van der Waals surface area (Å²) in [6.45, 7) is 2.28. The number of ether oxygens (including phenoxy) is 1. The monoisotopic (exact) mass is 466 g/mol. The number of hydrogen-bond acceptors (Lipinski definition) is 7. The summed E-state index contributed by atoms with van der Waals surface area (Å²) >= 11 is 0. The van der Waals surface area contributed by atoms with Crippen molar-refractivity contribution in [2.75, 3.05) is 45.7 Å². The van der Waals surface area contributed by atoms with Crippen molar-refractivity contribution in [1.29, 1.82) is 0 Å². The van der Waals surface area contributed by atoms with E-state index in [1.54, 1.807) is 6.07 Å². The lowest BCUT2D eigenvalue weighted by molar-refractivity contribution is 0.0450. The average Bonchev–Trinajstić information content (AvgIpc) is 3.41. The number of alkyl halides is 1. The zero-order valence-corrected chi connectivity index (χ0v) is 19.5. The molecule has 3 aliphatic rings. The number of carbonyl (C=O) groups is 1. The molecule has 0 saturated carbocycles. The maximum atomic E-state index is 14.6. The van der Waals surface area contributed by atoms with Gasteiger partial charge in [0.05, 0.1) is 12.6 Å². The van der Waals surface area contributed by atoms with E-state index in [0.29, 0.717) is 25.3 Å². The van der Waals surface area contributed by atoms with Crippen molar-refractivity contribution in [3.05, 3.63) is 59.7 Å². The molecule has 0 spiro atoms. The molecular formula is C25H31FN6O2. The van der Waals surface area contributed by atoms with Gasteiger partial charge in [-0.05, 0) is 51.3 Å². The Morgan fingerprint density at radius 2 is 2.03 bits per heavy atom. The van der Waals surface area contributed by atoms with Crippen LogP contribution in [0, 0.1) is 5.92 Å². The second-order valence-corrected chi connectivity index (χ2v) is 9.36. The second kappa shape index (κ2) is 9.68. The zero-order valence-electron chi connectivity index (χ0n) is 19.5. The van der Waals surface area contributed by atoms with E-state index in [4.69, 9.17) is 4.74 Å². The molecule has 2 N–H and O–H groups in total. The predicted molar refractivity (Wildman–Crippen MR) is 128 cm³/mol. The minimum absolute atomic E-state index is 0.133. The van der Waals surface area contributed by atoms with Gasteiger partial charge in [-0.25, -0.2) is 4.39 Å². The highest BCUT2D eigenvalue weighted by atomic mass is 19.1. The van der Waals surface area contributed by atoms with Crippen LogP contribution in [0.25, 0.3) is 0 Å². The van der Waals surface area contributed by atoms with Crippen molar-refractivity contribution >= 4 is 11.6 Å². The molecule has 8 nitrogen and oxygen atoms in total. The van der Waals surface area contributed by atoms with Crippen LogP contribution >= 0.6 is 0 Å². The molecule has 5 rings (SSSR count). The number of hydrogen-bond donors (Lipinski definition) is 2. The Labute approximate surface area is 199 Å². The van der Waals surface area contributed by atoms with Crippen LogP contribution < -0.4 is 15.4 Å². The van der Waals surface area contributed by atoms with Crippen LogP contribution in [0.4, 0.5) is 10.1 Å². The number of benzene rings is 2. The van der Waals surface area contributed by atoms with Gasteiger partial charge in [-0.1, -0.05) is 24.3 Å². The lowest BCUT2D eigenvalue weighted by Crippen LogP contribution is -2.49. The fourth-order valence-corrected chi connectivity index (χ4v) is 4.97. The van der Waals surface area contributed by atoms with E-state index in [9.17, 15) is 9.18 Å². The van der Waals surface area contributed by atoms with Crippen molar-refractivity contribution in [1.82, 2.24) is 15.1 Å². The van der Waals surface area contributed by atoms with Crippen LogP contribution in [0.2, 0.25) is 0 Å². The first-order chi connectivity index (χ1) is 16.5. The molecule has 34 heavy (non-hydrogen) atoms. The number of para-hydroxylation sites is 1. The Kier molecular flexibility index (Phi) is 6.47. The SMILES string of the molecule is CN1CCC(C2N=NC(CNc3cccc(C(=O)N[C@H]4COc5ccccc54)c3)N2C)C(F)C1. The summed E-state index contributed by atoms with van der Waals surface area (Å²) in [5.41, 5.74) is 2.39. The summed E-state index contributed by atoms with van der Waals surface area (Å²) in [5, 5.41) is 15.2. The van der Waals surface area contributed by atoms with Gasteiger partial charge in [0.2, 0.25) is 0 Å². The van der Waals surface area contributed by atoms with Gasteiger partial charge in [-0.3, -0.25) is 9.69 Å². The summed E-state index contributed by atoms with van der Waals surface area (Å²) in [5.74, 6) is 0.533. The first-order valence-corrected chi connectivity index (χ1v) is 11.8. The van der Waals surface area contributed by atoms with Gasteiger partial charge in [0.25, 0.3) is 5.91 Å². The van der Waals surface area contributed by atoms with Crippen LogP contribution in [0.15, 0.2) is 58.8 Å². The number of rotatable bonds is 6. The maximum absolute atomic E-state index is 14.6. The molecule has 1 fully saturated rings. The highest BCUT2D eigenvalue weighted by Gasteiger charge is 2.40. The van der Waals surface area contributed by atoms with E-state index in [-0.39, 0.29) is 30.2 Å². The quantitative estimate of drug-likeness (QED) is 0.683. The van der Waals surface area contributed by atoms with Gasteiger partial charge in [-0.15, -0.1) is 0 Å². The second-order valence-electron chi connectivity index (χ2n) is 9.36. The number of azo groups is 1. The minimum Gasteiger partial charge on any atom is -0.491 e. The van der Waals surface area contributed by atoms with Crippen molar-refractivity contribution < 1.29 is 13.9 Å². The summed E-state index contributed by atoms with van der Waals surface area (Å²) < 4.78 is 20.3. The highest BCUT2D eigenvalue weighted by Crippen LogP contribution is 2.32. The van der Waals surface area contributed by atoms with Gasteiger partial charge in [0, 0.05) is 29.3 Å². The van der Waals surface area contributed by atoms with Crippen LogP contribution in [-0.4, -0.2) is 74.5 Å². The molecule has 3 heterocycles. The number of halogens is 1. The number of nitrogens with zero attached hydrogens (tertiary/aromatic N) is 4. The number of likely N-dealkylation sites (N-methyl/N-ethyl adjacent to an activating group) is 1. The highest BCUT2D eigenvalue weighted by molar-refractivity contribution is 5.95. The molecule has 2 aromatic rings. The number of piperidine rings is 1. The number of anilines is 1. The fraction of sp³-hybridized carbons (Fsp3) is 0.480. The molecule has 9 heteroatoms. The third-order valence-corrected chi connectivity index (χ3v) is 7.00. The molecule has 2 aromatic carbocycles. The van der Waals surface area contributed by atoms with Crippen LogP contribution in [0.1, 0.15) is 28.4 Å². The number of nitrogens with one attached hydrogen (secondary N) is 2. The average molecular weight is 467 g/mol. The van der Waals surface area contributed by atoms with Crippen molar-refractivity contribution in [3.63, 3.8) is 0 Å². The molecule has 0 bridgehead atoms. The first-order valence-electron chi connectivity index (χ1n) is 11.8. The largest absolute Gasteiger partial charge is 0.491 e. The summed E-state index contributed by atoms with van der Waals surface area (Å²) in [6.07, 6.45) is -0.533. The molecule has 180 valence electrons. The molecule has 5 atom stereocenters. The van der Waals surface area contributed by atoms with E-state index in [1.807, 2.05) is 66.4 Å². The normalized spacial score (nSPS) is 29.0. The van der Waals surface area contributed by atoms with Crippen LogP contribution in [0.3, 0.4) is 0 Å². The van der Waals surface area contributed by atoms with Gasteiger partial charge in [0.1, 0.15) is 30.9 Å². The van der Waals surface area contributed by atoms with Gasteiger partial charge in [-0.2, -0.15) is 10.2 Å². The smallest absolute Gasteiger partial charge is 0.251 e. The third kappa shape index (κ3) is 4.63. The van der Waals surface area contributed by atoms with Crippen molar-refractivity contribution in [2.45, 2.75) is 31.0 Å². The first kappa shape index (κ1) is 22.7. The molecule has 0 aromatic heterocycles. The van der Waals surface area contributed by atoms with E-state index in [0.717, 1.165) is 30.0 Å². The Hall–Kier alpha value is -3.04. The maximum Gasteiger partial charge on any atom is 0.251 e. The summed E-state index contributed by atoms with van der Waals surface area (Å²) in [4.78, 5) is 16.9. The van der Waals surface area contributed by atoms with Gasteiger partial charge >= 0.3 is 0 Å². The van der Waals surface area contributed by atoms with E-state index in [2.05, 4.69) is 20.9 Å². The summed E-state index contributed by atoms with van der Waals surface area (Å²) in [6, 6.07) is 15.0. The standard InChI is InChI=1S/C25H31FN6O2/c1-31-11-10-18(20(26)14-31)24-30-29-23(32(24)2)13-27-17-7-5-6-16(12-17)25(33)28-21-15-34-22-9-4-3-8-19(21)22/h3-9,12,18,20-21,23-24,27H,10-11,13-15H2,1-2H3,(H,28,33)/t18?,20?,21-,23?,24?/m0/s1. The predicted octanol–water partition coefficient (Wildman–Crippen LogP) is 3.30. The molecule has 0 radical (unpaired) electrons.